The molecule has 0 spiro atoms. The highest BCUT2D eigenvalue weighted by molar-refractivity contribution is 6.51. The van der Waals surface area contributed by atoms with Crippen molar-refractivity contribution in [3.63, 3.8) is 0 Å². The van der Waals surface area contributed by atoms with Gasteiger partial charge in [0.05, 0.1) is 5.72 Å². The molecule has 1 aromatic heterocycles. The Balaban J connectivity index is 1.43. The van der Waals surface area contributed by atoms with Crippen LogP contribution in [0.1, 0.15) is 35.4 Å². The van der Waals surface area contributed by atoms with Crippen molar-refractivity contribution in [3.8, 4) is 5.69 Å². The van der Waals surface area contributed by atoms with Gasteiger partial charge in [-0.3, -0.25) is 4.98 Å². The topological polar surface area (TPSA) is 17.8 Å². The molecule has 0 aliphatic heterocycles. The summed E-state index contributed by atoms with van der Waals surface area (Å²) in [5, 5.41) is 0. The lowest BCUT2D eigenvalue weighted by Gasteiger charge is -2.18. The first-order valence-corrected chi connectivity index (χ1v) is 10.6. The second-order valence-electron chi connectivity index (χ2n) is 7.76. The van der Waals surface area contributed by atoms with E-state index in [1.165, 1.54) is 17.2 Å². The SMILES string of the molecule is Cc1cc(F)ccc1-n1ccnc1BCCCC(c1ccccc1)c1ccccc1. The molecule has 0 radical (unpaired) electrons. The average Bonchev–Trinajstić information content (AvgIpc) is 3.23. The first kappa shape index (κ1) is 20.2. The molecule has 30 heavy (non-hydrogen) atoms. The van der Waals surface area contributed by atoms with Crippen molar-refractivity contribution in [1.82, 2.24) is 9.55 Å². The van der Waals surface area contributed by atoms with Gasteiger partial charge in [-0.1, -0.05) is 73.4 Å². The van der Waals surface area contributed by atoms with Gasteiger partial charge in [0.1, 0.15) is 5.82 Å². The summed E-state index contributed by atoms with van der Waals surface area (Å²) in [4.78, 5) is 4.56. The van der Waals surface area contributed by atoms with Crippen molar-refractivity contribution < 1.29 is 4.39 Å². The zero-order chi connectivity index (χ0) is 20.8. The largest absolute Gasteiger partial charge is 0.312 e. The first-order chi connectivity index (χ1) is 14.7. The number of rotatable bonds is 8. The Labute approximate surface area is 178 Å². The van der Waals surface area contributed by atoms with E-state index in [1.54, 1.807) is 6.07 Å². The summed E-state index contributed by atoms with van der Waals surface area (Å²) < 4.78 is 15.6. The molecule has 3 aromatic carbocycles. The van der Waals surface area contributed by atoms with Gasteiger partial charge in [-0.15, -0.1) is 0 Å². The molecule has 0 bridgehead atoms. The summed E-state index contributed by atoms with van der Waals surface area (Å²) in [6.45, 7) is 1.94. The molecule has 0 fully saturated rings. The molecule has 0 saturated carbocycles. The van der Waals surface area contributed by atoms with Crippen LogP contribution in [0.2, 0.25) is 6.32 Å². The minimum Gasteiger partial charge on any atom is -0.312 e. The van der Waals surface area contributed by atoms with Gasteiger partial charge in [-0.05, 0) is 48.2 Å². The van der Waals surface area contributed by atoms with E-state index in [9.17, 15) is 4.39 Å². The Bertz CT molecular complexity index is 1040. The maximum absolute atomic E-state index is 13.5. The molecule has 0 unspecified atom stereocenters. The van der Waals surface area contributed by atoms with E-state index in [2.05, 4.69) is 70.2 Å². The summed E-state index contributed by atoms with van der Waals surface area (Å²) in [5.41, 5.74) is 5.68. The smallest absolute Gasteiger partial charge is 0.205 e. The lowest BCUT2D eigenvalue weighted by atomic mass is 9.70. The fraction of sp³-hybridized carbons (Fsp3) is 0.192. The number of imidazole rings is 1. The van der Waals surface area contributed by atoms with Crippen LogP contribution in [0.15, 0.2) is 91.3 Å². The zero-order valence-electron chi connectivity index (χ0n) is 17.3. The number of nitrogens with zero attached hydrogens (tertiary/aromatic N) is 2. The summed E-state index contributed by atoms with van der Waals surface area (Å²) >= 11 is 0. The van der Waals surface area contributed by atoms with Crippen LogP contribution in [0.25, 0.3) is 5.69 Å². The van der Waals surface area contributed by atoms with Crippen LogP contribution < -0.4 is 5.72 Å². The van der Waals surface area contributed by atoms with Crippen LogP contribution in [0.3, 0.4) is 0 Å². The molecule has 150 valence electrons. The molecule has 0 saturated heterocycles. The number of aryl methyl sites for hydroxylation is 1. The summed E-state index contributed by atoms with van der Waals surface area (Å²) in [6.07, 6.45) is 7.07. The van der Waals surface area contributed by atoms with Gasteiger partial charge in [0.15, 0.2) is 0 Å². The van der Waals surface area contributed by atoms with Crippen LogP contribution in [-0.2, 0) is 0 Å². The van der Waals surface area contributed by atoms with Gasteiger partial charge in [-0.25, -0.2) is 4.39 Å². The highest BCUT2D eigenvalue weighted by atomic mass is 19.1. The number of halogens is 1. The van der Waals surface area contributed by atoms with Crippen molar-refractivity contribution in [2.45, 2.75) is 32.0 Å². The van der Waals surface area contributed by atoms with E-state index in [0.717, 1.165) is 43.4 Å². The van der Waals surface area contributed by atoms with Gasteiger partial charge in [0.25, 0.3) is 0 Å². The van der Waals surface area contributed by atoms with Gasteiger partial charge in [-0.2, -0.15) is 0 Å². The predicted molar refractivity (Wildman–Crippen MR) is 124 cm³/mol. The van der Waals surface area contributed by atoms with Crippen LogP contribution in [0.4, 0.5) is 4.39 Å². The second kappa shape index (κ2) is 9.58. The highest BCUT2D eigenvalue weighted by Crippen LogP contribution is 2.29. The highest BCUT2D eigenvalue weighted by Gasteiger charge is 2.14. The lowest BCUT2D eigenvalue weighted by molar-refractivity contribution is 0.626. The molecule has 0 aliphatic rings. The van der Waals surface area contributed by atoms with Crippen LogP contribution >= 0.6 is 0 Å². The molecule has 2 nitrogen and oxygen atoms in total. The Morgan fingerprint density at radius 2 is 1.60 bits per heavy atom. The third-order valence-corrected chi connectivity index (χ3v) is 5.68. The summed E-state index contributed by atoms with van der Waals surface area (Å²) in [5.74, 6) is 0.206. The molecule has 4 aromatic rings. The molecule has 4 heteroatoms. The summed E-state index contributed by atoms with van der Waals surface area (Å²) in [7, 11) is 0.903. The first-order valence-electron chi connectivity index (χ1n) is 10.6. The Kier molecular flexibility index (Phi) is 6.43. The summed E-state index contributed by atoms with van der Waals surface area (Å²) in [6, 6.07) is 26.4. The molecular formula is C26H26BFN2. The van der Waals surface area contributed by atoms with Crippen LogP contribution in [0.5, 0.6) is 0 Å². The van der Waals surface area contributed by atoms with Crippen molar-refractivity contribution in [1.29, 1.82) is 0 Å². The second-order valence-corrected chi connectivity index (χ2v) is 7.76. The minimum atomic E-state index is -0.203. The maximum atomic E-state index is 13.5. The molecule has 1 heterocycles. The van der Waals surface area contributed by atoms with Gasteiger partial charge in [0, 0.05) is 24.0 Å². The number of hydrogen-bond donors (Lipinski definition) is 0. The predicted octanol–water partition coefficient (Wildman–Crippen LogP) is 5.41. The van der Waals surface area contributed by atoms with E-state index in [0.29, 0.717) is 5.92 Å². The quantitative estimate of drug-likeness (QED) is 0.288. The molecule has 0 N–H and O–H groups in total. The fourth-order valence-corrected chi connectivity index (χ4v) is 4.16. The number of aromatic nitrogens is 2. The van der Waals surface area contributed by atoms with Crippen molar-refractivity contribution in [2.75, 3.05) is 0 Å². The molecular weight excluding hydrogens is 370 g/mol. The fourth-order valence-electron chi connectivity index (χ4n) is 4.16. The number of benzene rings is 3. The van der Waals surface area contributed by atoms with Gasteiger partial charge >= 0.3 is 0 Å². The number of hydrogen-bond acceptors (Lipinski definition) is 1. The van der Waals surface area contributed by atoms with E-state index in [4.69, 9.17) is 0 Å². The van der Waals surface area contributed by atoms with Crippen molar-refractivity contribution >= 4 is 13.0 Å². The lowest BCUT2D eigenvalue weighted by Crippen LogP contribution is -2.25. The standard InChI is InChI=1S/C26H26BFN2/c1-20-19-23(28)14-15-25(20)30-18-17-29-26(30)27-16-8-13-24(21-9-4-2-5-10-21)22-11-6-3-7-12-22/h2-7,9-12,14-15,17-19,24,27H,8,13,16H2,1H3. The maximum Gasteiger partial charge on any atom is 0.205 e. The zero-order valence-corrected chi connectivity index (χ0v) is 17.3. The molecule has 0 aliphatic carbocycles. The van der Waals surface area contributed by atoms with E-state index in [1.807, 2.05) is 25.4 Å². The van der Waals surface area contributed by atoms with Crippen LogP contribution in [-0.4, -0.2) is 16.8 Å². The molecule has 0 amide bonds. The Morgan fingerprint density at radius 1 is 0.933 bits per heavy atom. The van der Waals surface area contributed by atoms with Gasteiger partial charge < -0.3 is 4.57 Å². The van der Waals surface area contributed by atoms with E-state index in [-0.39, 0.29) is 5.82 Å². The Hall–Kier alpha value is -3.14. The van der Waals surface area contributed by atoms with Gasteiger partial charge in [0.2, 0.25) is 7.28 Å². The normalized spacial score (nSPS) is 11.0. The van der Waals surface area contributed by atoms with Crippen molar-refractivity contribution in [2.24, 2.45) is 0 Å². The van der Waals surface area contributed by atoms with E-state index >= 15 is 0 Å². The third-order valence-electron chi connectivity index (χ3n) is 5.68. The van der Waals surface area contributed by atoms with Crippen molar-refractivity contribution in [3.05, 3.63) is 114 Å². The van der Waals surface area contributed by atoms with E-state index < -0.39 is 0 Å². The monoisotopic (exact) mass is 396 g/mol. The minimum absolute atomic E-state index is 0.203. The average molecular weight is 396 g/mol. The Morgan fingerprint density at radius 3 is 2.23 bits per heavy atom. The molecule has 4 rings (SSSR count). The third kappa shape index (κ3) is 4.70. The van der Waals surface area contributed by atoms with Crippen LogP contribution in [0, 0.1) is 12.7 Å². The molecule has 0 atom stereocenters.